The van der Waals surface area contributed by atoms with E-state index in [0.29, 0.717) is 0 Å². The van der Waals surface area contributed by atoms with Crippen molar-refractivity contribution >= 4 is 38.9 Å². The van der Waals surface area contributed by atoms with Crippen molar-refractivity contribution in [3.8, 4) is 5.75 Å². The van der Waals surface area contributed by atoms with E-state index >= 15 is 0 Å². The van der Waals surface area contributed by atoms with Gasteiger partial charge in [-0.05, 0) is 29.6 Å². The Morgan fingerprint density at radius 2 is 1.96 bits per heavy atom. The lowest BCUT2D eigenvalue weighted by Gasteiger charge is -2.15. The second-order valence-corrected chi connectivity index (χ2v) is 8.80. The lowest BCUT2D eigenvalue weighted by atomic mass is 10.3. The van der Waals surface area contributed by atoms with Gasteiger partial charge in [0.1, 0.15) is 5.75 Å². The summed E-state index contributed by atoms with van der Waals surface area (Å²) < 4.78 is 35.6. The maximum atomic E-state index is 12.2. The molecule has 0 aliphatic carbocycles. The van der Waals surface area contributed by atoms with Crippen molar-refractivity contribution in [3.63, 3.8) is 0 Å². The number of amides is 1. The molecule has 1 aromatic carbocycles. The van der Waals surface area contributed by atoms with Gasteiger partial charge in [-0.2, -0.15) is 0 Å². The highest BCUT2D eigenvalue weighted by atomic mass is 32.2. The molecule has 0 aliphatic rings. The van der Waals surface area contributed by atoms with Crippen molar-refractivity contribution in [2.75, 3.05) is 33.1 Å². The normalized spacial score (nSPS) is 11.3. The first-order valence-corrected chi connectivity index (χ1v) is 10.1. The number of nitrogens with one attached hydrogen (secondary N) is 1. The number of anilines is 1. The summed E-state index contributed by atoms with van der Waals surface area (Å²) in [6, 6.07) is 7.73. The third-order valence-corrected chi connectivity index (χ3v) is 6.17. The minimum atomic E-state index is -3.67. The molecule has 27 heavy (non-hydrogen) atoms. The highest BCUT2D eigenvalue weighted by Crippen LogP contribution is 2.28. The number of ether oxygens (including phenoxy) is 2. The first-order valence-electron chi connectivity index (χ1n) is 7.82. The van der Waals surface area contributed by atoms with Gasteiger partial charge in [0.2, 0.25) is 10.0 Å². The third kappa shape index (κ3) is 5.52. The van der Waals surface area contributed by atoms with Crippen molar-refractivity contribution in [2.45, 2.75) is 11.3 Å². The number of nitrogens with zero attached hydrogens (tertiary/aromatic N) is 1. The molecule has 0 bridgehead atoms. The molecule has 1 amide bonds. The van der Waals surface area contributed by atoms with Crippen molar-refractivity contribution in [2.24, 2.45) is 0 Å². The van der Waals surface area contributed by atoms with Crippen LogP contribution in [0.15, 0.2) is 40.6 Å². The first kappa shape index (κ1) is 20.9. The van der Waals surface area contributed by atoms with Gasteiger partial charge in [-0.1, -0.05) is 6.07 Å². The Kier molecular flexibility index (Phi) is 6.94. The Bertz CT molecular complexity index is 908. The number of carbonyl (C=O) groups excluding carboxylic acids is 2. The van der Waals surface area contributed by atoms with Crippen molar-refractivity contribution in [1.82, 2.24) is 4.31 Å². The predicted octanol–water partition coefficient (Wildman–Crippen LogP) is 1.73. The smallest absolute Gasteiger partial charge is 0.311 e. The fourth-order valence-corrected chi connectivity index (χ4v) is 3.71. The SMILES string of the molecule is COc1ccc(S(=O)(=O)N(C)C)cc1NC(=O)COC(=O)Cc1cccs1. The van der Waals surface area contributed by atoms with E-state index in [1.165, 1.54) is 50.7 Å². The second-order valence-electron chi connectivity index (χ2n) is 5.61. The minimum absolute atomic E-state index is 0.00158. The summed E-state index contributed by atoms with van der Waals surface area (Å²) in [7, 11) is 0.538. The van der Waals surface area contributed by atoms with Gasteiger partial charge in [0.15, 0.2) is 6.61 Å². The van der Waals surface area contributed by atoms with E-state index < -0.39 is 28.5 Å². The van der Waals surface area contributed by atoms with E-state index in [4.69, 9.17) is 9.47 Å². The van der Waals surface area contributed by atoms with E-state index in [-0.39, 0.29) is 22.8 Å². The first-order chi connectivity index (χ1) is 12.7. The van der Waals surface area contributed by atoms with E-state index in [9.17, 15) is 18.0 Å². The van der Waals surface area contributed by atoms with E-state index in [2.05, 4.69) is 5.32 Å². The fraction of sp³-hybridized carbons (Fsp3) is 0.294. The molecule has 0 aliphatic heterocycles. The van der Waals surface area contributed by atoms with E-state index in [0.717, 1.165) is 9.18 Å². The maximum Gasteiger partial charge on any atom is 0.311 e. The number of benzene rings is 1. The molecule has 0 saturated carbocycles. The maximum absolute atomic E-state index is 12.2. The highest BCUT2D eigenvalue weighted by molar-refractivity contribution is 7.89. The molecular formula is C17H20N2O6S2. The lowest BCUT2D eigenvalue weighted by molar-refractivity contribution is -0.146. The molecule has 10 heteroatoms. The number of esters is 1. The second kappa shape index (κ2) is 8.98. The van der Waals surface area contributed by atoms with E-state index in [1.54, 1.807) is 6.07 Å². The molecule has 0 atom stereocenters. The number of methoxy groups -OCH3 is 1. The van der Waals surface area contributed by atoms with Gasteiger partial charge in [-0.3, -0.25) is 9.59 Å². The number of carbonyl (C=O) groups is 2. The molecule has 0 radical (unpaired) electrons. The van der Waals surface area contributed by atoms with Crippen LogP contribution < -0.4 is 10.1 Å². The topological polar surface area (TPSA) is 102 Å². The fourth-order valence-electron chi connectivity index (χ4n) is 2.09. The molecule has 146 valence electrons. The Morgan fingerprint density at radius 3 is 2.56 bits per heavy atom. The molecular weight excluding hydrogens is 392 g/mol. The quantitative estimate of drug-likeness (QED) is 0.663. The molecule has 0 fully saturated rings. The van der Waals surface area contributed by atoms with Gasteiger partial charge >= 0.3 is 5.97 Å². The predicted molar refractivity (Wildman–Crippen MR) is 101 cm³/mol. The monoisotopic (exact) mass is 412 g/mol. The molecule has 1 N–H and O–H groups in total. The summed E-state index contributed by atoms with van der Waals surface area (Å²) in [5.41, 5.74) is 0.166. The van der Waals surface area contributed by atoms with Gasteiger partial charge in [-0.25, -0.2) is 12.7 Å². The van der Waals surface area contributed by atoms with Crippen LogP contribution in [0.2, 0.25) is 0 Å². The van der Waals surface area contributed by atoms with Gasteiger partial charge in [-0.15, -0.1) is 11.3 Å². The average Bonchev–Trinajstić information content (AvgIpc) is 3.12. The van der Waals surface area contributed by atoms with Crippen LogP contribution in [-0.2, 0) is 30.8 Å². The summed E-state index contributed by atoms with van der Waals surface area (Å²) in [5, 5.41) is 4.35. The van der Waals surface area contributed by atoms with Crippen LogP contribution in [0.4, 0.5) is 5.69 Å². The molecule has 1 aromatic heterocycles. The zero-order valence-corrected chi connectivity index (χ0v) is 16.7. The largest absolute Gasteiger partial charge is 0.495 e. The van der Waals surface area contributed by atoms with Gasteiger partial charge in [0.25, 0.3) is 5.91 Å². The zero-order chi connectivity index (χ0) is 20.0. The number of sulfonamides is 1. The van der Waals surface area contributed by atoms with Crippen LogP contribution in [0.3, 0.4) is 0 Å². The highest BCUT2D eigenvalue weighted by Gasteiger charge is 2.20. The van der Waals surface area contributed by atoms with Crippen LogP contribution in [0, 0.1) is 0 Å². The zero-order valence-electron chi connectivity index (χ0n) is 15.1. The van der Waals surface area contributed by atoms with E-state index in [1.807, 2.05) is 11.4 Å². The lowest BCUT2D eigenvalue weighted by Crippen LogP contribution is -2.24. The molecule has 0 saturated heterocycles. The average molecular weight is 412 g/mol. The van der Waals surface area contributed by atoms with Gasteiger partial charge in [0, 0.05) is 19.0 Å². The van der Waals surface area contributed by atoms with Crippen LogP contribution in [-0.4, -0.2) is 52.4 Å². The number of rotatable bonds is 8. The van der Waals surface area contributed by atoms with Crippen LogP contribution in [0.25, 0.3) is 0 Å². The summed E-state index contributed by atoms with van der Waals surface area (Å²) >= 11 is 1.42. The molecule has 2 rings (SSSR count). The molecule has 8 nitrogen and oxygen atoms in total. The number of thiophene rings is 1. The number of hydrogen-bond donors (Lipinski definition) is 1. The Labute approximate surface area is 161 Å². The standard InChI is InChI=1S/C17H20N2O6S2/c1-19(2)27(22,23)13-6-7-15(24-3)14(10-13)18-16(20)11-25-17(21)9-12-5-4-8-26-12/h4-8,10H,9,11H2,1-3H3,(H,18,20). The Balaban J connectivity index is 2.04. The van der Waals surface area contributed by atoms with Crippen LogP contribution >= 0.6 is 11.3 Å². The van der Waals surface area contributed by atoms with Gasteiger partial charge < -0.3 is 14.8 Å². The number of hydrogen-bond acceptors (Lipinski definition) is 7. The van der Waals surface area contributed by atoms with Gasteiger partial charge in [0.05, 0.1) is 24.1 Å². The summed E-state index contributed by atoms with van der Waals surface area (Å²) in [6.45, 7) is -0.488. The Morgan fingerprint density at radius 1 is 1.22 bits per heavy atom. The van der Waals surface area contributed by atoms with Crippen molar-refractivity contribution < 1.29 is 27.5 Å². The molecule has 0 unspecified atom stereocenters. The molecule has 1 heterocycles. The van der Waals surface area contributed by atoms with Crippen molar-refractivity contribution in [3.05, 3.63) is 40.6 Å². The van der Waals surface area contributed by atoms with Crippen LogP contribution in [0.1, 0.15) is 4.88 Å². The Hall–Kier alpha value is -2.43. The molecule has 2 aromatic rings. The summed E-state index contributed by atoms with van der Waals surface area (Å²) in [4.78, 5) is 24.7. The summed E-state index contributed by atoms with van der Waals surface area (Å²) in [5.74, 6) is -0.846. The molecule has 0 spiro atoms. The third-order valence-electron chi connectivity index (χ3n) is 3.49. The summed E-state index contributed by atoms with van der Waals surface area (Å²) in [6.07, 6.45) is 0.0881. The van der Waals surface area contributed by atoms with Crippen molar-refractivity contribution in [1.29, 1.82) is 0 Å². The minimum Gasteiger partial charge on any atom is -0.495 e. The van der Waals surface area contributed by atoms with Crippen LogP contribution in [0.5, 0.6) is 5.75 Å².